The second-order valence-electron chi connectivity index (χ2n) is 7.17. The van der Waals surface area contributed by atoms with Crippen LogP contribution in [-0.4, -0.2) is 12.6 Å². The van der Waals surface area contributed by atoms with Crippen LogP contribution in [0.1, 0.15) is 43.1 Å². The summed E-state index contributed by atoms with van der Waals surface area (Å²) in [4.78, 5) is 0. The quantitative estimate of drug-likeness (QED) is 0.478. The van der Waals surface area contributed by atoms with Crippen LogP contribution in [0.3, 0.4) is 0 Å². The van der Waals surface area contributed by atoms with Gasteiger partial charge in [0.2, 0.25) is 0 Å². The van der Waals surface area contributed by atoms with E-state index in [0.717, 1.165) is 37.4 Å². The van der Waals surface area contributed by atoms with Crippen molar-refractivity contribution in [2.45, 2.75) is 45.3 Å². The van der Waals surface area contributed by atoms with Crippen LogP contribution >= 0.6 is 0 Å². The zero-order chi connectivity index (χ0) is 18.9. The first-order valence-electron chi connectivity index (χ1n) is 9.74. The molecular formula is C24H29NO2. The molecule has 0 radical (unpaired) electrons. The van der Waals surface area contributed by atoms with Crippen LogP contribution in [0.2, 0.25) is 0 Å². The molecule has 0 aliphatic rings. The third kappa shape index (κ3) is 6.30. The third-order valence-electron chi connectivity index (χ3n) is 4.60. The average molecular weight is 364 g/mol. The van der Waals surface area contributed by atoms with Gasteiger partial charge in [0.1, 0.15) is 11.5 Å². The SMILES string of the molecule is CC(C)Oc1ccc(C(CCNCc2ccco2)Cc2ccccc2)cc1. The van der Waals surface area contributed by atoms with Gasteiger partial charge < -0.3 is 14.5 Å². The predicted molar refractivity (Wildman–Crippen MR) is 110 cm³/mol. The highest BCUT2D eigenvalue weighted by atomic mass is 16.5. The maximum atomic E-state index is 5.78. The van der Waals surface area contributed by atoms with Crippen molar-refractivity contribution in [3.63, 3.8) is 0 Å². The van der Waals surface area contributed by atoms with E-state index < -0.39 is 0 Å². The first-order valence-corrected chi connectivity index (χ1v) is 9.74. The molecule has 1 atom stereocenters. The van der Waals surface area contributed by atoms with Crippen molar-refractivity contribution in [1.82, 2.24) is 5.32 Å². The van der Waals surface area contributed by atoms with Gasteiger partial charge in [-0.1, -0.05) is 42.5 Å². The highest BCUT2D eigenvalue weighted by Gasteiger charge is 2.13. The van der Waals surface area contributed by atoms with Crippen LogP contribution in [0.15, 0.2) is 77.4 Å². The lowest BCUT2D eigenvalue weighted by Gasteiger charge is -2.19. The molecule has 3 heteroatoms. The summed E-state index contributed by atoms with van der Waals surface area (Å²) in [5.41, 5.74) is 2.73. The van der Waals surface area contributed by atoms with E-state index in [9.17, 15) is 0 Å². The number of rotatable bonds is 10. The molecule has 3 nitrogen and oxygen atoms in total. The van der Waals surface area contributed by atoms with E-state index in [-0.39, 0.29) is 6.10 Å². The van der Waals surface area contributed by atoms with Gasteiger partial charge in [-0.05, 0) is 74.5 Å². The van der Waals surface area contributed by atoms with E-state index in [2.05, 4.69) is 73.8 Å². The lowest BCUT2D eigenvalue weighted by molar-refractivity contribution is 0.242. The van der Waals surface area contributed by atoms with Crippen molar-refractivity contribution < 1.29 is 9.15 Å². The van der Waals surface area contributed by atoms with Crippen molar-refractivity contribution >= 4 is 0 Å². The van der Waals surface area contributed by atoms with Crippen molar-refractivity contribution in [1.29, 1.82) is 0 Å². The third-order valence-corrected chi connectivity index (χ3v) is 4.60. The van der Waals surface area contributed by atoms with Crippen LogP contribution in [0.5, 0.6) is 5.75 Å². The molecule has 0 saturated heterocycles. The molecule has 142 valence electrons. The molecule has 0 aliphatic carbocycles. The molecule has 0 saturated carbocycles. The molecule has 27 heavy (non-hydrogen) atoms. The molecule has 0 aliphatic heterocycles. The minimum atomic E-state index is 0.196. The predicted octanol–water partition coefficient (Wildman–Crippen LogP) is 5.57. The minimum absolute atomic E-state index is 0.196. The summed E-state index contributed by atoms with van der Waals surface area (Å²) in [6, 6.07) is 23.2. The van der Waals surface area contributed by atoms with Gasteiger partial charge >= 0.3 is 0 Å². The first kappa shape index (κ1) is 19.2. The van der Waals surface area contributed by atoms with E-state index in [1.165, 1.54) is 11.1 Å². The summed E-state index contributed by atoms with van der Waals surface area (Å²) in [5.74, 6) is 2.37. The van der Waals surface area contributed by atoms with Gasteiger partial charge in [-0.2, -0.15) is 0 Å². The number of furan rings is 1. The molecule has 1 aromatic heterocycles. The Balaban J connectivity index is 1.63. The van der Waals surface area contributed by atoms with Crippen LogP contribution in [-0.2, 0) is 13.0 Å². The second kappa shape index (κ2) is 9.98. The van der Waals surface area contributed by atoms with Crippen LogP contribution in [0, 0.1) is 0 Å². The zero-order valence-electron chi connectivity index (χ0n) is 16.2. The number of benzene rings is 2. The fourth-order valence-corrected chi connectivity index (χ4v) is 3.28. The summed E-state index contributed by atoms with van der Waals surface area (Å²) in [7, 11) is 0. The largest absolute Gasteiger partial charge is 0.491 e. The molecule has 1 N–H and O–H groups in total. The number of hydrogen-bond donors (Lipinski definition) is 1. The highest BCUT2D eigenvalue weighted by molar-refractivity contribution is 5.31. The topological polar surface area (TPSA) is 34.4 Å². The Bertz CT molecular complexity index is 764. The van der Waals surface area contributed by atoms with Crippen LogP contribution in [0.4, 0.5) is 0 Å². The highest BCUT2D eigenvalue weighted by Crippen LogP contribution is 2.26. The maximum absolute atomic E-state index is 5.78. The van der Waals surface area contributed by atoms with E-state index in [1.807, 2.05) is 12.1 Å². The second-order valence-corrected chi connectivity index (χ2v) is 7.17. The fourth-order valence-electron chi connectivity index (χ4n) is 3.28. The van der Waals surface area contributed by atoms with Crippen molar-refractivity contribution in [3.8, 4) is 5.75 Å². The van der Waals surface area contributed by atoms with E-state index >= 15 is 0 Å². The van der Waals surface area contributed by atoms with Crippen molar-refractivity contribution in [3.05, 3.63) is 89.9 Å². The molecule has 2 aromatic carbocycles. The molecule has 1 unspecified atom stereocenters. The van der Waals surface area contributed by atoms with Gasteiger partial charge in [-0.15, -0.1) is 0 Å². The van der Waals surface area contributed by atoms with E-state index in [1.54, 1.807) is 6.26 Å². The Morgan fingerprint density at radius 3 is 2.37 bits per heavy atom. The van der Waals surface area contributed by atoms with Crippen molar-refractivity contribution in [2.75, 3.05) is 6.54 Å². The van der Waals surface area contributed by atoms with Gasteiger partial charge in [0, 0.05) is 0 Å². The van der Waals surface area contributed by atoms with E-state index in [4.69, 9.17) is 9.15 Å². The van der Waals surface area contributed by atoms with E-state index in [0.29, 0.717) is 5.92 Å². The fraction of sp³-hybridized carbons (Fsp3) is 0.333. The Morgan fingerprint density at radius 1 is 0.926 bits per heavy atom. The molecule has 0 amide bonds. The molecule has 3 rings (SSSR count). The minimum Gasteiger partial charge on any atom is -0.491 e. The van der Waals surface area contributed by atoms with Gasteiger partial charge in [0.25, 0.3) is 0 Å². The zero-order valence-corrected chi connectivity index (χ0v) is 16.2. The summed E-state index contributed by atoms with van der Waals surface area (Å²) in [6.45, 7) is 5.82. The van der Waals surface area contributed by atoms with Crippen LogP contribution < -0.4 is 10.1 Å². The van der Waals surface area contributed by atoms with Gasteiger partial charge in [-0.3, -0.25) is 0 Å². The number of hydrogen-bond acceptors (Lipinski definition) is 3. The average Bonchev–Trinajstić information content (AvgIpc) is 3.19. The number of ether oxygens (including phenoxy) is 1. The summed E-state index contributed by atoms with van der Waals surface area (Å²) in [6.07, 6.45) is 4.02. The molecule has 0 spiro atoms. The normalized spacial score (nSPS) is 12.3. The van der Waals surface area contributed by atoms with Gasteiger partial charge in [0.15, 0.2) is 0 Å². The molecule has 0 bridgehead atoms. The lowest BCUT2D eigenvalue weighted by Crippen LogP contribution is -2.18. The number of nitrogens with one attached hydrogen (secondary N) is 1. The summed E-state index contributed by atoms with van der Waals surface area (Å²) in [5, 5.41) is 3.49. The molecule has 3 aromatic rings. The van der Waals surface area contributed by atoms with Crippen molar-refractivity contribution in [2.24, 2.45) is 0 Å². The Labute approximate surface area is 162 Å². The Kier molecular flexibility index (Phi) is 7.11. The molecule has 1 heterocycles. The monoisotopic (exact) mass is 363 g/mol. The van der Waals surface area contributed by atoms with Gasteiger partial charge in [-0.25, -0.2) is 0 Å². The summed E-state index contributed by atoms with van der Waals surface area (Å²) < 4.78 is 11.2. The Hall–Kier alpha value is -2.52. The van der Waals surface area contributed by atoms with Crippen LogP contribution in [0.25, 0.3) is 0 Å². The first-order chi connectivity index (χ1) is 13.2. The Morgan fingerprint density at radius 2 is 1.70 bits per heavy atom. The maximum Gasteiger partial charge on any atom is 0.119 e. The summed E-state index contributed by atoms with van der Waals surface area (Å²) >= 11 is 0. The lowest BCUT2D eigenvalue weighted by atomic mass is 9.89. The smallest absolute Gasteiger partial charge is 0.119 e. The van der Waals surface area contributed by atoms with Gasteiger partial charge in [0.05, 0.1) is 18.9 Å². The molecular weight excluding hydrogens is 334 g/mol. The standard InChI is InChI=1S/C24H29NO2/c1-19(2)27-23-12-10-21(11-13-23)22(17-20-7-4-3-5-8-20)14-15-25-18-24-9-6-16-26-24/h3-13,16,19,22,25H,14-15,17-18H2,1-2H3. The molecule has 0 fully saturated rings.